The standard InChI is InChI=1S/C28H30N6O2/c1-2-26-30-27(34(35)36)28(33(26)20-21-7-4-3-5-8-21)32-17-15-31(16-18-32)25-13-11-22(12-14-25)23-9-6-10-24(29)19-23/h3-14,19H,2,15-18,20,29H2,1H3. The molecule has 0 amide bonds. The number of nitrogens with two attached hydrogens (primary N) is 1. The first-order valence-corrected chi connectivity index (χ1v) is 12.3. The van der Waals surface area contributed by atoms with Crippen LogP contribution in [0, 0.1) is 10.1 Å². The van der Waals surface area contributed by atoms with E-state index >= 15 is 0 Å². The van der Waals surface area contributed by atoms with Crippen molar-refractivity contribution < 1.29 is 4.92 Å². The average Bonchev–Trinajstić information content (AvgIpc) is 3.28. The third-order valence-corrected chi connectivity index (χ3v) is 6.71. The summed E-state index contributed by atoms with van der Waals surface area (Å²) in [6.07, 6.45) is 0.632. The summed E-state index contributed by atoms with van der Waals surface area (Å²) >= 11 is 0. The third kappa shape index (κ3) is 4.75. The Morgan fingerprint density at radius 3 is 2.22 bits per heavy atom. The number of aryl methyl sites for hydroxylation is 1. The summed E-state index contributed by atoms with van der Waals surface area (Å²) in [5.41, 5.74) is 11.1. The fraction of sp³-hybridized carbons (Fsp3) is 0.250. The van der Waals surface area contributed by atoms with E-state index in [1.807, 2.05) is 60.0 Å². The predicted octanol–water partition coefficient (Wildman–Crippen LogP) is 4.98. The van der Waals surface area contributed by atoms with Crippen molar-refractivity contribution in [3.8, 4) is 11.1 Å². The van der Waals surface area contributed by atoms with Gasteiger partial charge in [-0.1, -0.05) is 61.5 Å². The van der Waals surface area contributed by atoms with Gasteiger partial charge in [-0.2, -0.15) is 0 Å². The van der Waals surface area contributed by atoms with Gasteiger partial charge in [-0.05, 0) is 50.9 Å². The van der Waals surface area contributed by atoms with E-state index in [4.69, 9.17) is 5.73 Å². The summed E-state index contributed by atoms with van der Waals surface area (Å²) in [7, 11) is 0. The lowest BCUT2D eigenvalue weighted by atomic mass is 10.0. The second-order valence-electron chi connectivity index (χ2n) is 9.00. The van der Waals surface area contributed by atoms with Gasteiger partial charge in [-0.25, -0.2) is 0 Å². The highest BCUT2D eigenvalue weighted by Gasteiger charge is 2.32. The molecule has 0 bridgehead atoms. The van der Waals surface area contributed by atoms with Gasteiger partial charge in [0.05, 0.1) is 6.54 Å². The highest BCUT2D eigenvalue weighted by Crippen LogP contribution is 2.32. The fourth-order valence-electron chi connectivity index (χ4n) is 4.87. The Kier molecular flexibility index (Phi) is 6.58. The second-order valence-corrected chi connectivity index (χ2v) is 9.00. The van der Waals surface area contributed by atoms with E-state index in [2.05, 4.69) is 45.1 Å². The van der Waals surface area contributed by atoms with Gasteiger partial charge in [0, 0.05) is 44.0 Å². The molecule has 1 aromatic heterocycles. The Labute approximate surface area is 210 Å². The van der Waals surface area contributed by atoms with E-state index in [9.17, 15) is 10.1 Å². The van der Waals surface area contributed by atoms with E-state index in [1.165, 1.54) is 0 Å². The van der Waals surface area contributed by atoms with Crippen LogP contribution in [0.15, 0.2) is 78.9 Å². The van der Waals surface area contributed by atoms with Crippen LogP contribution in [0.1, 0.15) is 18.3 Å². The molecule has 4 aromatic rings. The molecule has 1 aliphatic heterocycles. The number of piperazine rings is 1. The van der Waals surface area contributed by atoms with E-state index in [-0.39, 0.29) is 10.7 Å². The van der Waals surface area contributed by atoms with Crippen molar-refractivity contribution in [2.24, 2.45) is 0 Å². The van der Waals surface area contributed by atoms with Gasteiger partial charge in [0.25, 0.3) is 0 Å². The molecule has 2 N–H and O–H groups in total. The first kappa shape index (κ1) is 23.4. The molecule has 8 heteroatoms. The zero-order valence-corrected chi connectivity index (χ0v) is 20.4. The van der Waals surface area contributed by atoms with Crippen molar-refractivity contribution in [2.45, 2.75) is 19.9 Å². The van der Waals surface area contributed by atoms with Gasteiger partial charge in [0.15, 0.2) is 0 Å². The number of hydrogen-bond acceptors (Lipinski definition) is 6. The molecule has 0 spiro atoms. The average molecular weight is 483 g/mol. The van der Waals surface area contributed by atoms with Crippen molar-refractivity contribution in [1.29, 1.82) is 0 Å². The lowest BCUT2D eigenvalue weighted by Gasteiger charge is -2.37. The molecule has 0 radical (unpaired) electrons. The smallest absolute Gasteiger partial charge is 0.399 e. The molecular weight excluding hydrogens is 452 g/mol. The highest BCUT2D eigenvalue weighted by atomic mass is 16.6. The van der Waals surface area contributed by atoms with Crippen molar-refractivity contribution in [1.82, 2.24) is 9.55 Å². The number of imidazole rings is 1. The maximum Gasteiger partial charge on any atom is 0.406 e. The Bertz CT molecular complexity index is 1340. The first-order valence-electron chi connectivity index (χ1n) is 12.3. The molecule has 5 rings (SSSR count). The summed E-state index contributed by atoms with van der Waals surface area (Å²) in [6, 6.07) is 26.4. The van der Waals surface area contributed by atoms with Crippen LogP contribution in [0.4, 0.5) is 23.0 Å². The topological polar surface area (TPSA) is 93.5 Å². The number of nitrogens with zero attached hydrogens (tertiary/aromatic N) is 5. The van der Waals surface area contributed by atoms with Crippen molar-refractivity contribution in [3.05, 3.63) is 100 Å². The Balaban J connectivity index is 1.35. The molecule has 8 nitrogen and oxygen atoms in total. The van der Waals surface area contributed by atoms with Crippen LogP contribution in [0.25, 0.3) is 11.1 Å². The van der Waals surface area contributed by atoms with Crippen LogP contribution < -0.4 is 15.5 Å². The molecule has 1 aliphatic rings. The lowest BCUT2D eigenvalue weighted by Crippen LogP contribution is -2.47. The maximum absolute atomic E-state index is 11.9. The van der Waals surface area contributed by atoms with Crippen LogP contribution in [0.2, 0.25) is 0 Å². The van der Waals surface area contributed by atoms with Crippen LogP contribution in [0.3, 0.4) is 0 Å². The molecule has 36 heavy (non-hydrogen) atoms. The third-order valence-electron chi connectivity index (χ3n) is 6.71. The molecule has 1 saturated heterocycles. The minimum Gasteiger partial charge on any atom is -0.399 e. The number of rotatable bonds is 7. The minimum absolute atomic E-state index is 0.0530. The normalized spacial score (nSPS) is 13.7. The number of nitrogen functional groups attached to an aromatic ring is 1. The van der Waals surface area contributed by atoms with E-state index in [1.54, 1.807) is 0 Å². The van der Waals surface area contributed by atoms with E-state index in [0.717, 1.165) is 47.0 Å². The van der Waals surface area contributed by atoms with Crippen molar-refractivity contribution in [3.63, 3.8) is 0 Å². The lowest BCUT2D eigenvalue weighted by molar-refractivity contribution is -0.388. The van der Waals surface area contributed by atoms with Crippen LogP contribution >= 0.6 is 0 Å². The Morgan fingerprint density at radius 2 is 1.58 bits per heavy atom. The monoisotopic (exact) mass is 482 g/mol. The largest absolute Gasteiger partial charge is 0.406 e. The van der Waals surface area contributed by atoms with Gasteiger partial charge >= 0.3 is 5.82 Å². The van der Waals surface area contributed by atoms with Gasteiger partial charge in [0.1, 0.15) is 0 Å². The zero-order chi connectivity index (χ0) is 25.1. The molecular formula is C28H30N6O2. The molecule has 0 saturated carbocycles. The quantitative estimate of drug-likeness (QED) is 0.227. The Hall–Kier alpha value is -4.33. The van der Waals surface area contributed by atoms with E-state index < -0.39 is 0 Å². The number of hydrogen-bond donors (Lipinski definition) is 1. The zero-order valence-electron chi connectivity index (χ0n) is 20.4. The van der Waals surface area contributed by atoms with Gasteiger partial charge in [0.2, 0.25) is 11.6 Å². The fourth-order valence-corrected chi connectivity index (χ4v) is 4.87. The van der Waals surface area contributed by atoms with E-state index in [0.29, 0.717) is 31.9 Å². The molecule has 3 aromatic carbocycles. The molecule has 0 atom stereocenters. The van der Waals surface area contributed by atoms with Gasteiger partial charge < -0.3 is 25.6 Å². The summed E-state index contributed by atoms with van der Waals surface area (Å²) in [6.45, 7) is 5.46. The van der Waals surface area contributed by atoms with Crippen molar-refractivity contribution >= 4 is 23.0 Å². The SMILES string of the molecule is CCc1nc([N+](=O)[O-])c(N2CCN(c3ccc(-c4cccc(N)c4)cc3)CC2)n1Cc1ccccc1. The van der Waals surface area contributed by atoms with Crippen LogP contribution in [-0.4, -0.2) is 40.7 Å². The summed E-state index contributed by atoms with van der Waals surface area (Å²) in [4.78, 5) is 20.4. The summed E-state index contributed by atoms with van der Waals surface area (Å²) in [5, 5.41) is 11.9. The molecule has 184 valence electrons. The number of benzene rings is 3. The number of aromatic nitrogens is 2. The number of nitro groups is 1. The van der Waals surface area contributed by atoms with Crippen LogP contribution in [0.5, 0.6) is 0 Å². The first-order chi connectivity index (χ1) is 17.5. The molecule has 0 aliphatic carbocycles. The molecule has 2 heterocycles. The summed E-state index contributed by atoms with van der Waals surface area (Å²) in [5.74, 6) is 1.29. The van der Waals surface area contributed by atoms with Gasteiger partial charge in [-0.3, -0.25) is 4.57 Å². The molecule has 1 fully saturated rings. The Morgan fingerprint density at radius 1 is 0.889 bits per heavy atom. The minimum atomic E-state index is -0.350. The molecule has 0 unspecified atom stereocenters. The number of anilines is 3. The predicted molar refractivity (Wildman–Crippen MR) is 145 cm³/mol. The van der Waals surface area contributed by atoms with Crippen LogP contribution in [-0.2, 0) is 13.0 Å². The summed E-state index contributed by atoms with van der Waals surface area (Å²) < 4.78 is 2.02. The van der Waals surface area contributed by atoms with Crippen molar-refractivity contribution in [2.75, 3.05) is 41.7 Å². The maximum atomic E-state index is 11.9. The second kappa shape index (κ2) is 10.1. The van der Waals surface area contributed by atoms with Gasteiger partial charge in [-0.15, -0.1) is 0 Å². The highest BCUT2D eigenvalue weighted by molar-refractivity contribution is 5.69.